The summed E-state index contributed by atoms with van der Waals surface area (Å²) in [5.74, 6) is -4.90. The molecule has 1 aliphatic heterocycles. The van der Waals surface area contributed by atoms with Gasteiger partial charge in [-0.1, -0.05) is 48.9 Å². The molecule has 5 N–H and O–H groups in total. The Balaban J connectivity index is 0.000000526. The average molecular weight is 772 g/mol. The quantitative estimate of drug-likeness (QED) is 0.117. The summed E-state index contributed by atoms with van der Waals surface area (Å²) < 4.78 is 19.7. The highest BCUT2D eigenvalue weighted by atomic mass is 35.5. The minimum absolute atomic E-state index is 0.168. The van der Waals surface area contributed by atoms with Gasteiger partial charge in [0.15, 0.2) is 0 Å². The number of ether oxygens (including phenoxy) is 1. The fourth-order valence-corrected chi connectivity index (χ4v) is 5.30. The summed E-state index contributed by atoms with van der Waals surface area (Å²) in [6.45, 7) is 12.3. The largest absolute Gasteiger partial charge is 0.478 e. The molecule has 290 valence electrons. The summed E-state index contributed by atoms with van der Waals surface area (Å²) in [5, 5.41) is 31.7. The minimum Gasteiger partial charge on any atom is -0.478 e. The molecular weight excluding hydrogens is 727 g/mol. The first kappa shape index (κ1) is 44.5. The van der Waals surface area contributed by atoms with Crippen LogP contribution in [0.5, 0.6) is 0 Å². The molecule has 1 saturated heterocycles. The highest BCUT2D eigenvalue weighted by molar-refractivity contribution is 6.31. The van der Waals surface area contributed by atoms with E-state index in [4.69, 9.17) is 36.8 Å². The molecule has 0 radical (unpaired) electrons. The minimum atomic E-state index is -1.26. The van der Waals surface area contributed by atoms with Crippen molar-refractivity contribution < 1.29 is 58.4 Å². The van der Waals surface area contributed by atoms with E-state index in [1.807, 2.05) is 13.8 Å². The third kappa shape index (κ3) is 16.8. The molecular formula is C38H45ClFN4O10+. The number of pyridine rings is 1. The fraction of sp³-hybridized carbons (Fsp3) is 0.316. The number of piperazine rings is 1. The van der Waals surface area contributed by atoms with Crippen LogP contribution in [0.4, 0.5) is 10.2 Å². The second-order valence-electron chi connectivity index (χ2n) is 12.1. The van der Waals surface area contributed by atoms with Gasteiger partial charge in [0.1, 0.15) is 23.7 Å². The molecule has 3 aromatic rings. The van der Waals surface area contributed by atoms with Gasteiger partial charge < -0.3 is 35.0 Å². The molecule has 2 aromatic carbocycles. The number of rotatable bonds is 14. The van der Waals surface area contributed by atoms with Crippen molar-refractivity contribution in [3.05, 3.63) is 118 Å². The summed E-state index contributed by atoms with van der Waals surface area (Å²) in [7, 11) is 0. The van der Waals surface area contributed by atoms with E-state index >= 15 is 0 Å². The van der Waals surface area contributed by atoms with Crippen LogP contribution in [-0.2, 0) is 43.5 Å². The topological polar surface area (TPSA) is 199 Å². The zero-order chi connectivity index (χ0) is 40.2. The predicted octanol–water partition coefficient (Wildman–Crippen LogP) is 3.79. The first-order chi connectivity index (χ1) is 25.6. The van der Waals surface area contributed by atoms with Crippen LogP contribution >= 0.6 is 11.6 Å². The Morgan fingerprint density at radius 1 is 0.852 bits per heavy atom. The second kappa shape index (κ2) is 23.1. The Hall–Kier alpha value is -5.64. The van der Waals surface area contributed by atoms with E-state index in [0.717, 1.165) is 45.8 Å². The zero-order valence-electron chi connectivity index (χ0n) is 30.2. The maximum absolute atomic E-state index is 14.2. The third-order valence-corrected chi connectivity index (χ3v) is 7.98. The molecule has 0 saturated carbocycles. The number of carbonyl (C=O) groups excluding carboxylic acids is 1. The SMILES string of the molecule is CCN(Cc1ccc(C[NH+]2CCN(c3ncccc3C(=O)OC(C)C)CC2)cc1)Cc1c(F)cccc1Cl.O=C(O)/C=C\C(=O)O.O=C(O)/C=C\C(=O)O. The molecule has 4 rings (SSSR count). The van der Waals surface area contributed by atoms with Crippen LogP contribution in [0.25, 0.3) is 0 Å². The third-order valence-electron chi connectivity index (χ3n) is 7.63. The Bertz CT molecular complexity index is 1690. The molecule has 14 nitrogen and oxygen atoms in total. The molecule has 16 heteroatoms. The lowest BCUT2D eigenvalue weighted by Crippen LogP contribution is -3.13. The van der Waals surface area contributed by atoms with E-state index in [1.54, 1.807) is 30.5 Å². The van der Waals surface area contributed by atoms with Gasteiger partial charge in [0.05, 0.1) is 32.3 Å². The maximum atomic E-state index is 14.2. The van der Waals surface area contributed by atoms with Gasteiger partial charge in [-0.2, -0.15) is 0 Å². The normalized spacial score (nSPS) is 12.9. The number of aromatic nitrogens is 1. The Kier molecular flexibility index (Phi) is 19.1. The first-order valence-electron chi connectivity index (χ1n) is 16.8. The average Bonchev–Trinajstić information content (AvgIpc) is 3.12. The number of esters is 1. The van der Waals surface area contributed by atoms with Crippen molar-refractivity contribution >= 4 is 47.3 Å². The van der Waals surface area contributed by atoms with E-state index < -0.39 is 23.9 Å². The van der Waals surface area contributed by atoms with Gasteiger partial charge in [-0.3, -0.25) is 4.90 Å². The number of halogens is 2. The summed E-state index contributed by atoms with van der Waals surface area (Å²) in [4.78, 5) is 61.1. The van der Waals surface area contributed by atoms with Gasteiger partial charge in [-0.15, -0.1) is 0 Å². The van der Waals surface area contributed by atoms with Gasteiger partial charge in [-0.05, 0) is 50.2 Å². The lowest BCUT2D eigenvalue weighted by Gasteiger charge is -2.33. The summed E-state index contributed by atoms with van der Waals surface area (Å²) in [5.41, 5.74) is 3.55. The Labute approximate surface area is 317 Å². The number of benzene rings is 2. The Morgan fingerprint density at radius 3 is 1.87 bits per heavy atom. The van der Waals surface area contributed by atoms with Crippen molar-refractivity contribution in [2.45, 2.75) is 46.5 Å². The molecule has 1 aliphatic rings. The Morgan fingerprint density at radius 2 is 1.39 bits per heavy atom. The van der Waals surface area contributed by atoms with Gasteiger partial charge >= 0.3 is 29.8 Å². The van der Waals surface area contributed by atoms with E-state index in [-0.39, 0.29) is 17.9 Å². The molecule has 1 aromatic heterocycles. The van der Waals surface area contributed by atoms with Crippen molar-refractivity contribution in [2.75, 3.05) is 37.6 Å². The lowest BCUT2D eigenvalue weighted by molar-refractivity contribution is -0.914. The molecule has 0 bridgehead atoms. The smallest absolute Gasteiger partial charge is 0.342 e. The molecule has 0 spiro atoms. The molecule has 2 heterocycles. The standard InChI is InChI=1S/C30H36ClFN4O2.2C4H4O4/c1-4-34(21-26-27(31)8-5-9-28(26)32)19-23-10-12-24(13-11-23)20-35-15-17-36(18-16-35)29-25(7-6-14-33-29)30(37)38-22(2)3;2*5-3(6)1-2-4(7)8/h5-14,22H,4,15-21H2,1-3H3;2*1-2H,(H,5,6)(H,7,8)/p+1/b;2*2-1-. The van der Waals surface area contributed by atoms with E-state index in [1.165, 1.54) is 22.1 Å². The van der Waals surface area contributed by atoms with Crippen molar-refractivity contribution in [3.8, 4) is 0 Å². The van der Waals surface area contributed by atoms with Gasteiger partial charge in [0.25, 0.3) is 0 Å². The number of quaternary nitrogens is 1. The monoisotopic (exact) mass is 771 g/mol. The van der Waals surface area contributed by atoms with Crippen molar-refractivity contribution in [2.24, 2.45) is 0 Å². The van der Waals surface area contributed by atoms with Gasteiger partial charge in [-0.25, -0.2) is 33.3 Å². The summed E-state index contributed by atoms with van der Waals surface area (Å²) in [6, 6.07) is 17.1. The number of aliphatic carboxylic acids is 4. The predicted molar refractivity (Wildman–Crippen MR) is 198 cm³/mol. The van der Waals surface area contributed by atoms with E-state index in [9.17, 15) is 28.4 Å². The van der Waals surface area contributed by atoms with E-state index in [2.05, 4.69) is 46.0 Å². The van der Waals surface area contributed by atoms with Gasteiger partial charge in [0, 0.05) is 59.7 Å². The number of carboxylic acids is 4. The number of anilines is 1. The number of nitrogens with zero attached hydrogens (tertiary/aromatic N) is 3. The number of hydrogen-bond acceptors (Lipinski definition) is 9. The van der Waals surface area contributed by atoms with Crippen LogP contribution in [0.3, 0.4) is 0 Å². The van der Waals surface area contributed by atoms with Crippen LogP contribution in [0.1, 0.15) is 47.8 Å². The molecule has 0 atom stereocenters. The van der Waals surface area contributed by atoms with Crippen molar-refractivity contribution in [1.82, 2.24) is 9.88 Å². The maximum Gasteiger partial charge on any atom is 0.342 e. The number of carboxylic acid groups (broad SMARTS) is 4. The fourth-order valence-electron chi connectivity index (χ4n) is 5.08. The van der Waals surface area contributed by atoms with Crippen LogP contribution in [0.15, 0.2) is 85.1 Å². The highest BCUT2D eigenvalue weighted by Crippen LogP contribution is 2.22. The second-order valence-corrected chi connectivity index (χ2v) is 12.5. The van der Waals surface area contributed by atoms with Crippen molar-refractivity contribution in [3.63, 3.8) is 0 Å². The van der Waals surface area contributed by atoms with Crippen LogP contribution in [0, 0.1) is 5.82 Å². The molecule has 1 fully saturated rings. The molecule has 0 amide bonds. The van der Waals surface area contributed by atoms with Crippen LogP contribution in [0.2, 0.25) is 5.02 Å². The first-order valence-corrected chi connectivity index (χ1v) is 17.2. The number of nitrogens with one attached hydrogen (secondary N) is 1. The molecule has 54 heavy (non-hydrogen) atoms. The highest BCUT2D eigenvalue weighted by Gasteiger charge is 2.25. The number of hydrogen-bond donors (Lipinski definition) is 5. The summed E-state index contributed by atoms with van der Waals surface area (Å²) >= 11 is 6.23. The zero-order valence-corrected chi connectivity index (χ0v) is 30.9. The molecule has 0 unspecified atom stereocenters. The number of carbonyl (C=O) groups is 5. The lowest BCUT2D eigenvalue weighted by atomic mass is 10.1. The van der Waals surface area contributed by atoms with E-state index in [0.29, 0.717) is 52.8 Å². The summed E-state index contributed by atoms with van der Waals surface area (Å²) in [6.07, 6.45) is 3.79. The van der Waals surface area contributed by atoms with Crippen molar-refractivity contribution in [1.29, 1.82) is 0 Å². The van der Waals surface area contributed by atoms with Crippen LogP contribution in [-0.4, -0.2) is 99.0 Å². The molecule has 0 aliphatic carbocycles. The van der Waals surface area contributed by atoms with Gasteiger partial charge in [0.2, 0.25) is 0 Å². The van der Waals surface area contributed by atoms with Crippen LogP contribution < -0.4 is 9.80 Å².